The molecule has 1 heterocycles. The second-order valence-electron chi connectivity index (χ2n) is 4.77. The maximum Gasteiger partial charge on any atom is 0.188 e. The van der Waals surface area contributed by atoms with Crippen LogP contribution in [0.5, 0.6) is 0 Å². The van der Waals surface area contributed by atoms with Crippen molar-refractivity contribution in [1.82, 2.24) is 4.90 Å². The molecule has 0 bridgehead atoms. The summed E-state index contributed by atoms with van der Waals surface area (Å²) in [5.41, 5.74) is 5.58. The van der Waals surface area contributed by atoms with Gasteiger partial charge in [-0.25, -0.2) is 0 Å². The molecule has 0 aromatic heterocycles. The van der Waals surface area contributed by atoms with E-state index >= 15 is 0 Å². The molecule has 0 aromatic rings. The highest BCUT2D eigenvalue weighted by Crippen LogP contribution is 2.22. The topological polar surface area (TPSA) is 62.3 Å². The second kappa shape index (κ2) is 4.17. The van der Waals surface area contributed by atoms with E-state index in [2.05, 4.69) is 27.2 Å². The van der Waals surface area contributed by atoms with Crippen LogP contribution in [0.4, 0.5) is 0 Å². The monoisotopic (exact) mass is 198 g/mol. The third-order valence-electron chi connectivity index (χ3n) is 2.12. The zero-order valence-corrected chi connectivity index (χ0v) is 9.21. The number of nitrogens with one attached hydrogen (secondary N) is 1. The van der Waals surface area contributed by atoms with Crippen LogP contribution in [0.15, 0.2) is 0 Å². The van der Waals surface area contributed by atoms with Crippen LogP contribution in [0, 0.1) is 17.2 Å². The Hall–Kier alpha value is -0.770. The van der Waals surface area contributed by atoms with E-state index in [1.807, 2.05) is 4.90 Å². The molecule has 1 aliphatic rings. The number of ether oxygens (including phenoxy) is 1. The molecule has 1 radical (unpaired) electrons. The molecule has 1 saturated heterocycles. The first-order valence-electron chi connectivity index (χ1n) is 4.95. The number of nitrogens with zero attached hydrogens (tertiary/aromatic N) is 1. The Bertz CT molecular complexity index is 210. The molecular weight excluding hydrogens is 178 g/mol. The second-order valence-corrected chi connectivity index (χ2v) is 4.77. The van der Waals surface area contributed by atoms with Gasteiger partial charge in [-0.05, 0) is 11.8 Å². The molecule has 14 heavy (non-hydrogen) atoms. The van der Waals surface area contributed by atoms with Crippen molar-refractivity contribution in [2.45, 2.75) is 26.9 Å². The van der Waals surface area contributed by atoms with Crippen molar-refractivity contribution in [2.24, 2.45) is 11.1 Å². The van der Waals surface area contributed by atoms with Crippen molar-refractivity contribution in [3.63, 3.8) is 0 Å². The highest BCUT2D eigenvalue weighted by atomic mass is 16.5. The quantitative estimate of drug-likeness (QED) is 0.484. The van der Waals surface area contributed by atoms with Gasteiger partial charge in [0.1, 0.15) is 0 Å². The van der Waals surface area contributed by atoms with Gasteiger partial charge in [0.15, 0.2) is 5.96 Å². The van der Waals surface area contributed by atoms with Crippen molar-refractivity contribution in [1.29, 1.82) is 5.41 Å². The Labute approximate surface area is 85.9 Å². The van der Waals surface area contributed by atoms with Crippen LogP contribution in [0.2, 0.25) is 0 Å². The molecular formula is C10H20N3O. The van der Waals surface area contributed by atoms with Crippen LogP contribution in [0.25, 0.3) is 0 Å². The maximum atomic E-state index is 7.34. The van der Waals surface area contributed by atoms with Crippen molar-refractivity contribution in [2.75, 3.05) is 19.7 Å². The predicted molar refractivity (Wildman–Crippen MR) is 57.0 cm³/mol. The molecule has 0 saturated carbocycles. The van der Waals surface area contributed by atoms with E-state index < -0.39 is 0 Å². The minimum atomic E-state index is 0.0904. The molecule has 1 atom stereocenters. The summed E-state index contributed by atoms with van der Waals surface area (Å²) in [6, 6.07) is 0. The summed E-state index contributed by atoms with van der Waals surface area (Å²) >= 11 is 0. The zero-order valence-electron chi connectivity index (χ0n) is 9.21. The van der Waals surface area contributed by atoms with E-state index in [1.54, 1.807) is 0 Å². The first-order valence-corrected chi connectivity index (χ1v) is 4.95. The summed E-state index contributed by atoms with van der Waals surface area (Å²) in [7, 11) is 0. The zero-order chi connectivity index (χ0) is 10.8. The fourth-order valence-electron chi connectivity index (χ4n) is 1.55. The van der Waals surface area contributed by atoms with Gasteiger partial charge < -0.3 is 15.4 Å². The van der Waals surface area contributed by atoms with E-state index in [4.69, 9.17) is 15.9 Å². The van der Waals surface area contributed by atoms with Gasteiger partial charge in [0, 0.05) is 13.1 Å². The summed E-state index contributed by atoms with van der Waals surface area (Å²) in [5, 5.41) is 7.34. The lowest BCUT2D eigenvalue weighted by Crippen LogP contribution is -2.49. The number of rotatable bonds is 1. The lowest BCUT2D eigenvalue weighted by Gasteiger charge is -2.35. The molecule has 0 amide bonds. The summed E-state index contributed by atoms with van der Waals surface area (Å²) in [6.45, 7) is 8.50. The molecule has 1 fully saturated rings. The third kappa shape index (κ3) is 3.54. The molecule has 3 N–H and O–H groups in total. The first kappa shape index (κ1) is 11.3. The molecule has 1 unspecified atom stereocenters. The number of hydrogen-bond donors (Lipinski definition) is 2. The summed E-state index contributed by atoms with van der Waals surface area (Å²) < 4.78 is 5.58. The SMILES string of the molecule is CC(C)(C)[CH]C1CN(C(=N)N)CCO1. The Kier molecular flexibility index (Phi) is 3.37. The van der Waals surface area contributed by atoms with Crippen LogP contribution in [-0.4, -0.2) is 36.7 Å². The van der Waals surface area contributed by atoms with Crippen LogP contribution in [0.3, 0.4) is 0 Å². The molecule has 4 heteroatoms. The molecule has 0 aromatic carbocycles. The van der Waals surface area contributed by atoms with Gasteiger partial charge in [0.2, 0.25) is 0 Å². The average Bonchev–Trinajstić information content (AvgIpc) is 2.01. The number of nitrogens with two attached hydrogens (primary N) is 1. The lowest BCUT2D eigenvalue weighted by atomic mass is 9.89. The van der Waals surface area contributed by atoms with Gasteiger partial charge in [0.05, 0.1) is 12.7 Å². The van der Waals surface area contributed by atoms with E-state index in [9.17, 15) is 0 Å². The smallest absolute Gasteiger partial charge is 0.188 e. The molecule has 1 rings (SSSR count). The highest BCUT2D eigenvalue weighted by molar-refractivity contribution is 5.74. The van der Waals surface area contributed by atoms with Gasteiger partial charge in [-0.2, -0.15) is 0 Å². The molecule has 0 spiro atoms. The van der Waals surface area contributed by atoms with Crippen molar-refractivity contribution >= 4 is 5.96 Å². The molecule has 4 nitrogen and oxygen atoms in total. The molecule has 0 aliphatic carbocycles. The van der Waals surface area contributed by atoms with E-state index in [0.29, 0.717) is 13.2 Å². The number of morpholine rings is 1. The van der Waals surface area contributed by atoms with Crippen molar-refractivity contribution in [3.8, 4) is 0 Å². The Morgan fingerprint density at radius 1 is 1.57 bits per heavy atom. The fraction of sp³-hybridized carbons (Fsp3) is 0.800. The summed E-state index contributed by atoms with van der Waals surface area (Å²) in [5.74, 6) is 0.139. The van der Waals surface area contributed by atoms with Gasteiger partial charge in [0.25, 0.3) is 0 Å². The Morgan fingerprint density at radius 2 is 2.21 bits per heavy atom. The number of hydrogen-bond acceptors (Lipinski definition) is 2. The van der Waals surface area contributed by atoms with Crippen LogP contribution >= 0.6 is 0 Å². The average molecular weight is 198 g/mol. The van der Waals surface area contributed by atoms with Gasteiger partial charge in [-0.1, -0.05) is 20.8 Å². The minimum absolute atomic E-state index is 0.0904. The third-order valence-corrected chi connectivity index (χ3v) is 2.12. The lowest BCUT2D eigenvalue weighted by molar-refractivity contribution is 0.00320. The standard InChI is InChI=1S/C10H20N3O/c1-10(2,3)6-8-7-13(9(11)12)4-5-14-8/h6,8H,4-5,7H2,1-3H3,(H3,11,12). The Balaban J connectivity index is 2.44. The van der Waals surface area contributed by atoms with E-state index in [0.717, 1.165) is 6.54 Å². The van der Waals surface area contributed by atoms with E-state index in [1.165, 1.54) is 0 Å². The van der Waals surface area contributed by atoms with Gasteiger partial charge >= 0.3 is 0 Å². The largest absolute Gasteiger partial charge is 0.374 e. The van der Waals surface area contributed by atoms with Crippen molar-refractivity contribution in [3.05, 3.63) is 6.42 Å². The molecule has 81 valence electrons. The summed E-state index contributed by atoms with van der Waals surface area (Å²) in [4.78, 5) is 1.84. The minimum Gasteiger partial charge on any atom is -0.374 e. The predicted octanol–water partition coefficient (Wildman–Crippen LogP) is 0.831. The van der Waals surface area contributed by atoms with Crippen LogP contribution in [-0.2, 0) is 4.74 Å². The maximum absolute atomic E-state index is 7.34. The number of guanidine groups is 1. The van der Waals surface area contributed by atoms with Gasteiger partial charge in [-0.15, -0.1) is 0 Å². The first-order chi connectivity index (χ1) is 6.38. The van der Waals surface area contributed by atoms with Crippen LogP contribution in [0.1, 0.15) is 20.8 Å². The van der Waals surface area contributed by atoms with Crippen LogP contribution < -0.4 is 5.73 Å². The fourth-order valence-corrected chi connectivity index (χ4v) is 1.55. The summed E-state index contributed by atoms with van der Waals surface area (Å²) in [6.07, 6.45) is 2.26. The van der Waals surface area contributed by atoms with Gasteiger partial charge in [-0.3, -0.25) is 5.41 Å². The highest BCUT2D eigenvalue weighted by Gasteiger charge is 2.25. The van der Waals surface area contributed by atoms with Crippen molar-refractivity contribution < 1.29 is 4.74 Å². The molecule has 1 aliphatic heterocycles. The Morgan fingerprint density at radius 3 is 2.71 bits per heavy atom. The van der Waals surface area contributed by atoms with E-state index in [-0.39, 0.29) is 17.5 Å². The normalized spacial score (nSPS) is 23.6.